The number of aliphatic carboxylic acids is 4. The van der Waals surface area contributed by atoms with Gasteiger partial charge in [0, 0.05) is 42.7 Å². The maximum atomic E-state index is 12.7. The predicted molar refractivity (Wildman–Crippen MR) is 273 cm³/mol. The number of aromatic carboxylic acids is 1. The highest BCUT2D eigenvalue weighted by atomic mass is 32.2. The molecular formula is C55H62F5NO16S. The molecule has 4 aliphatic rings. The number of nitro groups is 1. The molecule has 8 unspecified atom stereocenters. The molecule has 4 fully saturated rings. The maximum absolute atomic E-state index is 12.7. The summed E-state index contributed by atoms with van der Waals surface area (Å²) in [7, 11) is 3.36. The van der Waals surface area contributed by atoms with Crippen molar-refractivity contribution in [3.8, 4) is 0 Å². The summed E-state index contributed by atoms with van der Waals surface area (Å²) in [5.74, 6) is -7.66. The fourth-order valence-electron chi connectivity index (χ4n) is 9.71. The molecule has 424 valence electrons. The molecule has 8 atom stereocenters. The maximum Gasteiger partial charge on any atom is 0.425 e. The highest BCUT2D eigenvalue weighted by Gasteiger charge is 2.56. The number of halogens is 5. The van der Waals surface area contributed by atoms with Crippen molar-refractivity contribution in [2.45, 2.75) is 130 Å². The lowest BCUT2D eigenvalue weighted by atomic mass is 9.66. The molecule has 6 N–H and O–H groups in total. The third-order valence-electron chi connectivity index (χ3n) is 13.5. The summed E-state index contributed by atoms with van der Waals surface area (Å²) in [6, 6.07) is 23.2. The average Bonchev–Trinajstić information content (AvgIpc) is 3.85. The van der Waals surface area contributed by atoms with Gasteiger partial charge in [-0.1, -0.05) is 79.1 Å². The Kier molecular flexibility index (Phi) is 24.8. The number of hydrogen-bond acceptors (Lipinski definition) is 12. The molecule has 1 heterocycles. The second kappa shape index (κ2) is 30.4. The number of carboxylic acids is 5. The van der Waals surface area contributed by atoms with E-state index in [2.05, 4.69) is 0 Å². The lowest BCUT2D eigenvalue weighted by Crippen LogP contribution is -2.47. The molecule has 4 aromatic rings. The normalized spacial score (nSPS) is 21.9. The molecule has 1 aliphatic heterocycles. The number of aliphatic hydroxyl groups excluding tert-OH is 1. The number of fused-ring (bicyclic) bond motifs is 3. The summed E-state index contributed by atoms with van der Waals surface area (Å²) in [5, 5.41) is 61.8. The number of nitro benzene ring substituents is 1. The number of carboxylic acid groups (broad SMARTS) is 5. The number of benzene rings is 4. The van der Waals surface area contributed by atoms with Gasteiger partial charge >= 0.3 is 36.0 Å². The lowest BCUT2D eigenvalue weighted by Gasteiger charge is -2.39. The van der Waals surface area contributed by atoms with Crippen LogP contribution in [0.25, 0.3) is 6.08 Å². The largest absolute Gasteiger partial charge is 0.481 e. The zero-order chi connectivity index (χ0) is 57.9. The van der Waals surface area contributed by atoms with Crippen molar-refractivity contribution in [3.05, 3.63) is 141 Å². The van der Waals surface area contributed by atoms with Gasteiger partial charge in [-0.15, -0.1) is 0 Å². The first kappa shape index (κ1) is 63.7. The molecule has 0 spiro atoms. The smallest absolute Gasteiger partial charge is 0.425 e. The van der Waals surface area contributed by atoms with Crippen molar-refractivity contribution in [1.29, 1.82) is 0 Å². The van der Waals surface area contributed by atoms with E-state index in [1.54, 1.807) is 38.5 Å². The number of alkyl halides is 3. The summed E-state index contributed by atoms with van der Waals surface area (Å²) >= 11 is 1.30. The summed E-state index contributed by atoms with van der Waals surface area (Å²) in [5.41, 5.74) is 3.10. The van der Waals surface area contributed by atoms with Gasteiger partial charge < -0.3 is 44.8 Å². The molecule has 4 aromatic carbocycles. The van der Waals surface area contributed by atoms with E-state index in [1.807, 2.05) is 43.3 Å². The summed E-state index contributed by atoms with van der Waals surface area (Å²) in [6.45, 7) is 1.97. The highest BCUT2D eigenvalue weighted by molar-refractivity contribution is 7.99. The third-order valence-corrected chi connectivity index (χ3v) is 14.6. The monoisotopic (exact) mass is 1120 g/mol. The lowest BCUT2D eigenvalue weighted by molar-refractivity contribution is -0.387. The molecule has 3 aliphatic carbocycles. The molecule has 1 saturated heterocycles. The van der Waals surface area contributed by atoms with Crippen LogP contribution in [0.3, 0.4) is 0 Å². The van der Waals surface area contributed by atoms with Crippen LogP contribution in [0.4, 0.5) is 27.6 Å². The Morgan fingerprint density at radius 2 is 1.46 bits per heavy atom. The summed E-state index contributed by atoms with van der Waals surface area (Å²) < 4.78 is 75.5. The first-order chi connectivity index (χ1) is 36.8. The Labute approximate surface area is 450 Å². The standard InChI is InChI=1S/C16H13NO4S.C15H24O5.C13H16O2.C8H6F2O2.C3H3F3O3/c1-11-2-6-13(7-3-11)22-15-8-4-12(5-9-16(18)19)10-14(15)17(20)21;1-18-8-3-4-10-9(7-8)13-12(20-10)6-5-11(19-2)14(13)15(16)17;14-13(15)12-8-6-11(7-9-12)10-4-2-1-3-5-10;9-6-3-1-2-5(8(6)10)4-7(11)12;4-3(5,6)1(7)2(8)9/h2-10H,1H3,(H,18,19);8-14H,3-7H2,1-2H3,(H,16,17);6-10H,1-5H2,(H,14,15);1-3H,4H2,(H,11,12);1,7H,(H,8,9). The number of carbonyl (C=O) groups is 5. The number of hydrogen-bond donors (Lipinski definition) is 6. The van der Waals surface area contributed by atoms with Crippen LogP contribution in [-0.4, -0.2) is 116 Å². The highest BCUT2D eigenvalue weighted by Crippen LogP contribution is 2.51. The number of rotatable bonds is 13. The minimum absolute atomic E-state index is 0.0434. The van der Waals surface area contributed by atoms with Gasteiger partial charge in [-0.3, -0.25) is 19.7 Å². The van der Waals surface area contributed by atoms with Crippen molar-refractivity contribution >= 4 is 53.4 Å². The topological polar surface area (TPSA) is 278 Å². The summed E-state index contributed by atoms with van der Waals surface area (Å²) in [6.07, 6.45) is 4.93. The van der Waals surface area contributed by atoms with Crippen LogP contribution >= 0.6 is 11.8 Å². The second-order valence-corrected chi connectivity index (χ2v) is 19.9. The van der Waals surface area contributed by atoms with Crippen LogP contribution in [-0.2, 0) is 39.8 Å². The number of methoxy groups -OCH3 is 2. The van der Waals surface area contributed by atoms with Crippen molar-refractivity contribution in [3.63, 3.8) is 0 Å². The van der Waals surface area contributed by atoms with E-state index in [-0.39, 0.29) is 41.6 Å². The first-order valence-electron chi connectivity index (χ1n) is 24.7. The zero-order valence-corrected chi connectivity index (χ0v) is 43.5. The fraction of sp³-hybridized carbons (Fsp3) is 0.436. The molecule has 8 rings (SSSR count). The number of aliphatic hydroxyl groups is 1. The second-order valence-electron chi connectivity index (χ2n) is 18.7. The predicted octanol–water partition coefficient (Wildman–Crippen LogP) is 10.9. The van der Waals surface area contributed by atoms with E-state index in [0.29, 0.717) is 27.9 Å². The zero-order valence-electron chi connectivity index (χ0n) is 42.7. The minimum atomic E-state index is -5.06. The van der Waals surface area contributed by atoms with Crippen molar-refractivity contribution in [2.75, 3.05) is 14.2 Å². The molecule has 3 saturated carbocycles. The van der Waals surface area contributed by atoms with Gasteiger partial charge in [0.1, 0.15) is 0 Å². The molecule has 0 radical (unpaired) electrons. The van der Waals surface area contributed by atoms with Crippen LogP contribution in [0.15, 0.2) is 101 Å². The minimum Gasteiger partial charge on any atom is -0.481 e. The Hall–Kier alpha value is -6.79. The van der Waals surface area contributed by atoms with E-state index in [4.69, 9.17) is 39.7 Å². The van der Waals surface area contributed by atoms with E-state index in [0.717, 1.165) is 54.7 Å². The van der Waals surface area contributed by atoms with Gasteiger partial charge in [0.05, 0.1) is 52.1 Å². The van der Waals surface area contributed by atoms with Crippen LogP contribution in [0.2, 0.25) is 0 Å². The Morgan fingerprint density at radius 1 is 0.821 bits per heavy atom. The first-order valence-corrected chi connectivity index (χ1v) is 25.5. The number of aryl methyl sites for hydroxylation is 1. The van der Waals surface area contributed by atoms with Gasteiger partial charge in [0.2, 0.25) is 6.10 Å². The molecule has 78 heavy (non-hydrogen) atoms. The molecule has 0 bridgehead atoms. The van der Waals surface area contributed by atoms with Gasteiger partial charge in [0.15, 0.2) is 11.6 Å². The third kappa shape index (κ3) is 19.3. The Morgan fingerprint density at radius 3 is 1.99 bits per heavy atom. The molecule has 0 aromatic heterocycles. The SMILES string of the molecule is COC1CCC2OC3CCC(OC)C(C(=O)O)C3C2C1.Cc1ccc(Sc2ccc(C=CC(=O)O)cc2[N+](=O)[O-])cc1.O=C(O)C(O)C(F)(F)F.O=C(O)Cc1cccc(F)c1F.O=C(O)c1ccc(C2CCCCC2)cc1. The van der Waals surface area contributed by atoms with E-state index in [9.17, 15) is 61.1 Å². The van der Waals surface area contributed by atoms with Crippen molar-refractivity contribution in [1.82, 2.24) is 0 Å². The van der Waals surface area contributed by atoms with Crippen LogP contribution in [0.5, 0.6) is 0 Å². The number of nitrogens with zero attached hydrogens (tertiary/aromatic N) is 1. The molecule has 17 nitrogen and oxygen atoms in total. The van der Waals surface area contributed by atoms with Crippen molar-refractivity contribution in [2.24, 2.45) is 17.8 Å². The summed E-state index contributed by atoms with van der Waals surface area (Å²) in [4.78, 5) is 64.6. The molecular weight excluding hydrogens is 1060 g/mol. The van der Waals surface area contributed by atoms with E-state index in [1.165, 1.54) is 73.7 Å². The van der Waals surface area contributed by atoms with Crippen molar-refractivity contribution < 1.29 is 95.7 Å². The Balaban J connectivity index is 0.000000217. The molecule has 0 amide bonds. The van der Waals surface area contributed by atoms with E-state index < -0.39 is 71.0 Å². The van der Waals surface area contributed by atoms with Crippen LogP contribution in [0, 0.1) is 46.4 Å². The van der Waals surface area contributed by atoms with Crippen LogP contribution < -0.4 is 0 Å². The van der Waals surface area contributed by atoms with E-state index >= 15 is 0 Å². The van der Waals surface area contributed by atoms with Gasteiger partial charge in [-0.2, -0.15) is 13.2 Å². The van der Waals surface area contributed by atoms with Gasteiger partial charge in [-0.25, -0.2) is 23.2 Å². The van der Waals surface area contributed by atoms with Gasteiger partial charge in [0.25, 0.3) is 5.69 Å². The average molecular weight is 1120 g/mol. The molecule has 23 heteroatoms. The van der Waals surface area contributed by atoms with Crippen LogP contribution in [0.1, 0.15) is 103 Å². The quantitative estimate of drug-likeness (QED) is 0.0314. The Bertz CT molecular complexity index is 2680. The fourth-order valence-corrected chi connectivity index (χ4v) is 10.6. The van der Waals surface area contributed by atoms with Gasteiger partial charge in [-0.05, 0) is 117 Å². The number of ether oxygens (including phenoxy) is 3.